The first-order chi connectivity index (χ1) is 8.80. The Morgan fingerprint density at radius 2 is 2.11 bits per heavy atom. The third kappa shape index (κ3) is 6.49. The quantitative estimate of drug-likeness (QED) is 0.707. The molecule has 0 fully saturated rings. The van der Waals surface area contributed by atoms with Crippen LogP contribution in [0.15, 0.2) is 28.7 Å². The highest BCUT2D eigenvalue weighted by atomic mass is 79.9. The Balaban J connectivity index is 2.40. The number of hydrogen-bond donors (Lipinski definition) is 3. The number of nitrogens with one attached hydrogen (secondary N) is 1. The number of benzene rings is 1. The molecular weight excluding hydrogens is 308 g/mol. The van der Waals surface area contributed by atoms with E-state index in [1.807, 2.05) is 43.3 Å². The zero-order valence-electron chi connectivity index (χ0n) is 11.7. The van der Waals surface area contributed by atoms with Crippen molar-refractivity contribution in [1.82, 2.24) is 10.2 Å². The first kappa shape index (κ1) is 16.6. The molecule has 4 nitrogen and oxygen atoms in total. The van der Waals surface area contributed by atoms with Crippen LogP contribution in [0.5, 0.6) is 0 Å². The second-order valence-corrected chi connectivity index (χ2v) is 6.35. The topological polar surface area (TPSA) is 55.7 Å². The Labute approximate surface area is 123 Å². The number of nitrogens with zero attached hydrogens (tertiary/aromatic N) is 1. The predicted octanol–water partition coefficient (Wildman–Crippen LogP) is 1.38. The van der Waals surface area contributed by atoms with Gasteiger partial charge in [-0.2, -0.15) is 0 Å². The summed E-state index contributed by atoms with van der Waals surface area (Å²) in [5.41, 5.74) is 0.0506. The van der Waals surface area contributed by atoms with Crippen LogP contribution in [-0.4, -0.2) is 54.4 Å². The van der Waals surface area contributed by atoms with E-state index in [2.05, 4.69) is 21.2 Å². The smallest absolute Gasteiger partial charge is 0.0914 e. The minimum Gasteiger partial charge on any atom is -0.388 e. The van der Waals surface area contributed by atoms with Crippen molar-refractivity contribution in [2.45, 2.75) is 18.6 Å². The molecule has 0 aliphatic rings. The molecule has 1 aromatic carbocycles. The molecule has 0 bridgehead atoms. The Bertz CT molecular complexity index is 397. The van der Waals surface area contributed by atoms with Crippen LogP contribution >= 0.6 is 15.9 Å². The van der Waals surface area contributed by atoms with Crippen LogP contribution in [0.25, 0.3) is 0 Å². The Hall–Kier alpha value is -0.460. The lowest BCUT2D eigenvalue weighted by atomic mass is 10.1. The van der Waals surface area contributed by atoms with E-state index in [1.54, 1.807) is 6.92 Å². The first-order valence-electron chi connectivity index (χ1n) is 6.31. The zero-order valence-corrected chi connectivity index (χ0v) is 13.3. The molecule has 0 aliphatic heterocycles. The molecule has 0 saturated carbocycles. The highest BCUT2D eigenvalue weighted by Gasteiger charge is 2.21. The molecule has 108 valence electrons. The van der Waals surface area contributed by atoms with Crippen molar-refractivity contribution >= 4 is 15.9 Å². The summed E-state index contributed by atoms with van der Waals surface area (Å²) < 4.78 is 0.948. The van der Waals surface area contributed by atoms with Gasteiger partial charge in [-0.05, 0) is 38.7 Å². The van der Waals surface area contributed by atoms with Gasteiger partial charge in [0.05, 0.1) is 11.7 Å². The van der Waals surface area contributed by atoms with E-state index in [4.69, 9.17) is 0 Å². The minimum absolute atomic E-state index is 0.417. The lowest BCUT2D eigenvalue weighted by Crippen LogP contribution is -2.46. The van der Waals surface area contributed by atoms with Crippen LogP contribution in [0.4, 0.5) is 0 Å². The van der Waals surface area contributed by atoms with E-state index in [0.29, 0.717) is 19.6 Å². The third-order valence-corrected chi connectivity index (χ3v) is 3.23. The van der Waals surface area contributed by atoms with Crippen molar-refractivity contribution in [1.29, 1.82) is 0 Å². The van der Waals surface area contributed by atoms with Crippen LogP contribution < -0.4 is 5.32 Å². The molecule has 2 atom stereocenters. The largest absolute Gasteiger partial charge is 0.388 e. The SMILES string of the molecule is CN(C)CC(C)(O)CNCC(O)c1cccc(Br)c1. The molecule has 1 rings (SSSR count). The number of rotatable bonds is 7. The van der Waals surface area contributed by atoms with Crippen LogP contribution in [0.2, 0.25) is 0 Å². The molecule has 1 aromatic rings. The van der Waals surface area contributed by atoms with Gasteiger partial charge >= 0.3 is 0 Å². The average Bonchev–Trinajstić information content (AvgIpc) is 2.26. The minimum atomic E-state index is -0.805. The highest BCUT2D eigenvalue weighted by Crippen LogP contribution is 2.17. The standard InChI is InChI=1S/C14H23BrN2O2/c1-14(19,10-17(2)3)9-16-8-13(18)11-5-4-6-12(15)7-11/h4-7,13,16,18-19H,8-10H2,1-3H3. The molecule has 0 spiro atoms. The maximum Gasteiger partial charge on any atom is 0.0914 e. The monoisotopic (exact) mass is 330 g/mol. The summed E-state index contributed by atoms with van der Waals surface area (Å²) in [6.45, 7) is 3.22. The fourth-order valence-corrected chi connectivity index (χ4v) is 2.46. The maximum atomic E-state index is 10.1. The normalized spacial score (nSPS) is 16.4. The van der Waals surface area contributed by atoms with Gasteiger partial charge in [-0.1, -0.05) is 28.1 Å². The predicted molar refractivity (Wildman–Crippen MR) is 81.1 cm³/mol. The maximum absolute atomic E-state index is 10.1. The van der Waals surface area contributed by atoms with Gasteiger partial charge in [0.2, 0.25) is 0 Å². The molecule has 0 amide bonds. The third-order valence-electron chi connectivity index (χ3n) is 2.73. The van der Waals surface area contributed by atoms with Gasteiger partial charge in [0.1, 0.15) is 0 Å². The fraction of sp³-hybridized carbons (Fsp3) is 0.571. The van der Waals surface area contributed by atoms with Crippen molar-refractivity contribution in [3.63, 3.8) is 0 Å². The number of aliphatic hydroxyl groups is 2. The first-order valence-corrected chi connectivity index (χ1v) is 7.11. The van der Waals surface area contributed by atoms with E-state index in [9.17, 15) is 10.2 Å². The van der Waals surface area contributed by atoms with Gasteiger partial charge in [-0.25, -0.2) is 0 Å². The number of likely N-dealkylation sites (N-methyl/N-ethyl adjacent to an activating group) is 1. The van der Waals surface area contributed by atoms with Gasteiger partial charge < -0.3 is 20.4 Å². The van der Waals surface area contributed by atoms with Crippen LogP contribution in [0.3, 0.4) is 0 Å². The zero-order chi connectivity index (χ0) is 14.5. The van der Waals surface area contributed by atoms with Gasteiger partial charge in [0.25, 0.3) is 0 Å². The van der Waals surface area contributed by atoms with Gasteiger partial charge in [-0.15, -0.1) is 0 Å². The second-order valence-electron chi connectivity index (χ2n) is 5.44. The average molecular weight is 331 g/mol. The summed E-state index contributed by atoms with van der Waals surface area (Å²) in [6.07, 6.45) is -0.576. The summed E-state index contributed by atoms with van der Waals surface area (Å²) in [7, 11) is 3.84. The second kappa shape index (κ2) is 7.36. The lowest BCUT2D eigenvalue weighted by Gasteiger charge is -2.27. The molecule has 5 heteroatoms. The van der Waals surface area contributed by atoms with Crippen LogP contribution in [0, 0.1) is 0 Å². The summed E-state index contributed by atoms with van der Waals surface area (Å²) in [5, 5.41) is 23.3. The molecule has 2 unspecified atom stereocenters. The molecule has 0 aliphatic carbocycles. The van der Waals surface area contributed by atoms with Crippen LogP contribution in [0.1, 0.15) is 18.6 Å². The summed E-state index contributed by atoms with van der Waals surface area (Å²) >= 11 is 3.38. The Kier molecular flexibility index (Phi) is 6.42. The Morgan fingerprint density at radius 3 is 2.68 bits per heavy atom. The van der Waals surface area contributed by atoms with E-state index in [1.165, 1.54) is 0 Å². The molecule has 0 aromatic heterocycles. The van der Waals surface area contributed by atoms with Crippen molar-refractivity contribution < 1.29 is 10.2 Å². The van der Waals surface area contributed by atoms with E-state index < -0.39 is 11.7 Å². The van der Waals surface area contributed by atoms with Crippen molar-refractivity contribution in [3.8, 4) is 0 Å². The van der Waals surface area contributed by atoms with Gasteiger partial charge in [-0.3, -0.25) is 0 Å². The molecule has 0 heterocycles. The number of hydrogen-bond acceptors (Lipinski definition) is 4. The van der Waals surface area contributed by atoms with E-state index >= 15 is 0 Å². The van der Waals surface area contributed by atoms with Gasteiger partial charge in [0, 0.05) is 24.1 Å². The highest BCUT2D eigenvalue weighted by molar-refractivity contribution is 9.10. The molecule has 3 N–H and O–H groups in total. The summed E-state index contributed by atoms with van der Waals surface area (Å²) in [5.74, 6) is 0. The van der Waals surface area contributed by atoms with Crippen molar-refractivity contribution in [2.24, 2.45) is 0 Å². The van der Waals surface area contributed by atoms with Crippen molar-refractivity contribution in [3.05, 3.63) is 34.3 Å². The fourth-order valence-electron chi connectivity index (χ4n) is 2.05. The summed E-state index contributed by atoms with van der Waals surface area (Å²) in [6, 6.07) is 7.59. The van der Waals surface area contributed by atoms with E-state index in [0.717, 1.165) is 10.0 Å². The molecule has 0 radical (unpaired) electrons. The number of halogens is 1. The van der Waals surface area contributed by atoms with E-state index in [-0.39, 0.29) is 0 Å². The molecule has 0 saturated heterocycles. The van der Waals surface area contributed by atoms with Crippen LogP contribution in [-0.2, 0) is 0 Å². The summed E-state index contributed by atoms with van der Waals surface area (Å²) in [4.78, 5) is 1.94. The number of aliphatic hydroxyl groups excluding tert-OH is 1. The Morgan fingerprint density at radius 1 is 1.42 bits per heavy atom. The van der Waals surface area contributed by atoms with Gasteiger partial charge in [0.15, 0.2) is 0 Å². The molecular formula is C14H23BrN2O2. The lowest BCUT2D eigenvalue weighted by molar-refractivity contribution is 0.0308. The molecule has 19 heavy (non-hydrogen) atoms. The van der Waals surface area contributed by atoms with Crippen molar-refractivity contribution in [2.75, 3.05) is 33.7 Å².